The molecule has 0 atom stereocenters. The van der Waals surface area contributed by atoms with Gasteiger partial charge in [-0.15, -0.1) is 0 Å². The molecule has 1 heterocycles. The van der Waals surface area contributed by atoms with Crippen molar-refractivity contribution < 1.29 is 18.7 Å². The summed E-state index contributed by atoms with van der Waals surface area (Å²) in [5.41, 5.74) is 0. The van der Waals surface area contributed by atoms with Gasteiger partial charge >= 0.3 is 5.97 Å². The molecule has 1 rings (SSSR count). The second kappa shape index (κ2) is 5.03. The monoisotopic (exact) mass is 182 g/mol. The van der Waals surface area contributed by atoms with Gasteiger partial charge in [0.1, 0.15) is 19.5 Å². The third-order valence-electron chi connectivity index (χ3n) is 1.26. The SMILES string of the molecule is C=CC(=O)OCCOc1ccoc1. The van der Waals surface area contributed by atoms with Gasteiger partial charge in [0.15, 0.2) is 5.75 Å². The summed E-state index contributed by atoms with van der Waals surface area (Å²) < 4.78 is 14.6. The lowest BCUT2D eigenvalue weighted by atomic mass is 10.6. The molecule has 0 N–H and O–H groups in total. The fourth-order valence-corrected chi connectivity index (χ4v) is 0.695. The Kier molecular flexibility index (Phi) is 3.63. The molecule has 0 aliphatic heterocycles. The van der Waals surface area contributed by atoms with E-state index in [0.717, 1.165) is 6.08 Å². The zero-order valence-electron chi connectivity index (χ0n) is 7.06. The van der Waals surface area contributed by atoms with E-state index in [1.807, 2.05) is 0 Å². The number of carbonyl (C=O) groups is 1. The normalized spacial score (nSPS) is 9.23. The highest BCUT2D eigenvalue weighted by Gasteiger charge is 1.96. The van der Waals surface area contributed by atoms with Crippen LogP contribution < -0.4 is 4.74 Å². The average molecular weight is 182 g/mol. The molecule has 1 aromatic heterocycles. The molecule has 4 heteroatoms. The molecule has 0 aromatic carbocycles. The van der Waals surface area contributed by atoms with Crippen molar-refractivity contribution in [3.8, 4) is 5.75 Å². The topological polar surface area (TPSA) is 48.7 Å². The van der Waals surface area contributed by atoms with Crippen LogP contribution in [-0.2, 0) is 9.53 Å². The highest BCUT2D eigenvalue weighted by molar-refractivity contribution is 5.81. The van der Waals surface area contributed by atoms with E-state index in [0.29, 0.717) is 12.4 Å². The highest BCUT2D eigenvalue weighted by Crippen LogP contribution is 2.08. The predicted octanol–water partition coefficient (Wildman–Crippen LogP) is 1.39. The molecule has 0 bridgehead atoms. The Bertz CT molecular complexity index is 263. The summed E-state index contributed by atoms with van der Waals surface area (Å²) in [6.07, 6.45) is 4.08. The summed E-state index contributed by atoms with van der Waals surface area (Å²) in [4.78, 5) is 10.6. The van der Waals surface area contributed by atoms with E-state index in [1.54, 1.807) is 6.07 Å². The van der Waals surface area contributed by atoms with Crippen LogP contribution in [0.5, 0.6) is 5.75 Å². The summed E-state index contributed by atoms with van der Waals surface area (Å²) in [6, 6.07) is 1.68. The molecule has 0 saturated carbocycles. The van der Waals surface area contributed by atoms with Crippen LogP contribution in [0.15, 0.2) is 35.7 Å². The van der Waals surface area contributed by atoms with Crippen molar-refractivity contribution in [3.63, 3.8) is 0 Å². The summed E-state index contributed by atoms with van der Waals surface area (Å²) in [5.74, 6) is 0.172. The van der Waals surface area contributed by atoms with E-state index in [-0.39, 0.29) is 6.61 Å². The largest absolute Gasteiger partial charge is 0.487 e. The van der Waals surface area contributed by atoms with Crippen molar-refractivity contribution in [2.75, 3.05) is 13.2 Å². The maximum absolute atomic E-state index is 10.6. The molecular formula is C9H10O4. The number of esters is 1. The molecule has 13 heavy (non-hydrogen) atoms. The number of rotatable bonds is 5. The molecule has 70 valence electrons. The van der Waals surface area contributed by atoms with Crippen LogP contribution in [0, 0.1) is 0 Å². The molecule has 0 saturated heterocycles. The number of hydrogen-bond donors (Lipinski definition) is 0. The Morgan fingerprint density at radius 1 is 1.62 bits per heavy atom. The summed E-state index contributed by atoms with van der Waals surface area (Å²) in [6.45, 7) is 3.77. The summed E-state index contributed by atoms with van der Waals surface area (Å²) in [7, 11) is 0. The third kappa shape index (κ3) is 3.46. The number of ether oxygens (including phenoxy) is 2. The highest BCUT2D eigenvalue weighted by atomic mass is 16.6. The quantitative estimate of drug-likeness (QED) is 0.392. The molecule has 0 amide bonds. The first-order valence-electron chi connectivity index (χ1n) is 3.77. The van der Waals surface area contributed by atoms with Gasteiger partial charge in [-0.25, -0.2) is 4.79 Å². The summed E-state index contributed by atoms with van der Waals surface area (Å²) >= 11 is 0. The van der Waals surface area contributed by atoms with Gasteiger partial charge in [0, 0.05) is 12.1 Å². The zero-order valence-corrected chi connectivity index (χ0v) is 7.06. The lowest BCUT2D eigenvalue weighted by Crippen LogP contribution is -2.09. The van der Waals surface area contributed by atoms with Gasteiger partial charge in [-0.05, 0) is 0 Å². The number of hydrogen-bond acceptors (Lipinski definition) is 4. The van der Waals surface area contributed by atoms with Crippen molar-refractivity contribution in [3.05, 3.63) is 31.2 Å². The fraction of sp³-hybridized carbons (Fsp3) is 0.222. The lowest BCUT2D eigenvalue weighted by Gasteiger charge is -2.02. The van der Waals surface area contributed by atoms with Gasteiger partial charge in [-0.3, -0.25) is 0 Å². The molecule has 0 fully saturated rings. The first-order valence-corrected chi connectivity index (χ1v) is 3.77. The van der Waals surface area contributed by atoms with Gasteiger partial charge in [0.25, 0.3) is 0 Å². The molecule has 0 aliphatic carbocycles. The van der Waals surface area contributed by atoms with E-state index in [9.17, 15) is 4.79 Å². The van der Waals surface area contributed by atoms with Crippen LogP contribution in [0.25, 0.3) is 0 Å². The van der Waals surface area contributed by atoms with Crippen LogP contribution in [0.1, 0.15) is 0 Å². The Hall–Kier alpha value is -1.71. The molecular weight excluding hydrogens is 172 g/mol. The third-order valence-corrected chi connectivity index (χ3v) is 1.26. The van der Waals surface area contributed by atoms with Crippen LogP contribution >= 0.6 is 0 Å². The van der Waals surface area contributed by atoms with E-state index in [4.69, 9.17) is 9.15 Å². The predicted molar refractivity (Wildman–Crippen MR) is 45.4 cm³/mol. The van der Waals surface area contributed by atoms with Crippen molar-refractivity contribution in [1.82, 2.24) is 0 Å². The van der Waals surface area contributed by atoms with Gasteiger partial charge in [0.2, 0.25) is 0 Å². The van der Waals surface area contributed by atoms with Gasteiger partial charge in [-0.1, -0.05) is 6.58 Å². The first kappa shape index (κ1) is 9.38. The molecule has 0 radical (unpaired) electrons. The van der Waals surface area contributed by atoms with E-state index in [2.05, 4.69) is 11.3 Å². The smallest absolute Gasteiger partial charge is 0.330 e. The van der Waals surface area contributed by atoms with E-state index < -0.39 is 5.97 Å². The van der Waals surface area contributed by atoms with Gasteiger partial charge in [0.05, 0.1) is 6.26 Å². The maximum atomic E-state index is 10.6. The van der Waals surface area contributed by atoms with Crippen molar-refractivity contribution in [2.24, 2.45) is 0 Å². The maximum Gasteiger partial charge on any atom is 0.330 e. The lowest BCUT2D eigenvalue weighted by molar-refractivity contribution is -0.138. The Labute approximate surface area is 75.7 Å². The van der Waals surface area contributed by atoms with Crippen LogP contribution in [0.2, 0.25) is 0 Å². The van der Waals surface area contributed by atoms with Crippen molar-refractivity contribution in [2.45, 2.75) is 0 Å². The minimum absolute atomic E-state index is 0.204. The second-order valence-corrected chi connectivity index (χ2v) is 2.18. The zero-order chi connectivity index (χ0) is 9.52. The molecule has 0 unspecified atom stereocenters. The van der Waals surface area contributed by atoms with Gasteiger partial charge < -0.3 is 13.9 Å². The van der Waals surface area contributed by atoms with Crippen molar-refractivity contribution >= 4 is 5.97 Å². The average Bonchev–Trinajstić information content (AvgIpc) is 2.64. The van der Waals surface area contributed by atoms with Gasteiger partial charge in [-0.2, -0.15) is 0 Å². The second-order valence-electron chi connectivity index (χ2n) is 2.18. The fourth-order valence-electron chi connectivity index (χ4n) is 0.695. The minimum atomic E-state index is -0.448. The Morgan fingerprint density at radius 2 is 2.46 bits per heavy atom. The molecule has 0 aliphatic rings. The number of carbonyl (C=O) groups excluding carboxylic acids is 1. The Balaban J connectivity index is 2.08. The number of furan rings is 1. The van der Waals surface area contributed by atoms with Crippen LogP contribution in [0.3, 0.4) is 0 Å². The molecule has 1 aromatic rings. The van der Waals surface area contributed by atoms with E-state index in [1.165, 1.54) is 12.5 Å². The van der Waals surface area contributed by atoms with Crippen LogP contribution in [-0.4, -0.2) is 19.2 Å². The van der Waals surface area contributed by atoms with E-state index >= 15 is 0 Å². The Morgan fingerprint density at radius 3 is 3.08 bits per heavy atom. The first-order chi connectivity index (χ1) is 6.33. The van der Waals surface area contributed by atoms with Crippen LogP contribution in [0.4, 0.5) is 0 Å². The standard InChI is InChI=1S/C9H10O4/c1-2-9(10)13-6-5-12-8-3-4-11-7-8/h2-4,7H,1,5-6H2. The summed E-state index contributed by atoms with van der Waals surface area (Å²) in [5, 5.41) is 0. The molecule has 0 spiro atoms. The minimum Gasteiger partial charge on any atom is -0.487 e. The molecule has 4 nitrogen and oxygen atoms in total. The van der Waals surface area contributed by atoms with Crippen molar-refractivity contribution in [1.29, 1.82) is 0 Å².